The zero-order chi connectivity index (χ0) is 15.1. The van der Waals surface area contributed by atoms with Crippen molar-refractivity contribution in [2.45, 2.75) is 18.9 Å². The predicted octanol–water partition coefficient (Wildman–Crippen LogP) is 1.20. The molecule has 0 spiro atoms. The van der Waals surface area contributed by atoms with Crippen molar-refractivity contribution in [3.05, 3.63) is 29.3 Å². The summed E-state index contributed by atoms with van der Waals surface area (Å²) >= 11 is 5.77. The minimum atomic E-state index is -0.597. The molecule has 0 radical (unpaired) electrons. The number of carbonyl (C=O) groups is 1. The van der Waals surface area contributed by atoms with Crippen LogP contribution in [0.1, 0.15) is 12.8 Å². The van der Waals surface area contributed by atoms with E-state index in [0.29, 0.717) is 30.4 Å². The molecule has 1 aliphatic carbocycles. The highest BCUT2D eigenvalue weighted by Gasteiger charge is 2.28. The molecule has 0 heterocycles. The number of aliphatic hydroxyl groups excluding tert-OH is 1. The third-order valence-corrected chi connectivity index (χ3v) is 3.44. The zero-order valence-electron chi connectivity index (χ0n) is 11.8. The second-order valence-corrected chi connectivity index (χ2v) is 5.62. The standard InChI is InChI=1S/C15H21ClN2O3/c16-12-3-5-14(6-4-12)21-10-13(19)9-17-7-8-18-15(20)11-1-2-11/h3-6,11,13,17,19H,1-2,7-10H2,(H,18,20). The van der Waals surface area contributed by atoms with Crippen LogP contribution in [0.2, 0.25) is 5.02 Å². The summed E-state index contributed by atoms with van der Waals surface area (Å²) in [5.74, 6) is 1.06. The highest BCUT2D eigenvalue weighted by Crippen LogP contribution is 2.28. The largest absolute Gasteiger partial charge is 0.491 e. The molecule has 1 fully saturated rings. The lowest BCUT2D eigenvalue weighted by atomic mass is 10.3. The highest BCUT2D eigenvalue weighted by molar-refractivity contribution is 6.30. The first-order valence-electron chi connectivity index (χ1n) is 7.20. The minimum absolute atomic E-state index is 0.142. The SMILES string of the molecule is O=C(NCCNCC(O)COc1ccc(Cl)cc1)C1CC1. The molecule has 0 bridgehead atoms. The van der Waals surface area contributed by atoms with Crippen LogP contribution >= 0.6 is 11.6 Å². The van der Waals surface area contributed by atoms with E-state index < -0.39 is 6.10 Å². The molecule has 1 atom stereocenters. The van der Waals surface area contributed by atoms with Crippen molar-refractivity contribution in [3.8, 4) is 5.75 Å². The van der Waals surface area contributed by atoms with Crippen molar-refractivity contribution < 1.29 is 14.6 Å². The molecule has 1 unspecified atom stereocenters. The van der Waals surface area contributed by atoms with Crippen molar-refractivity contribution in [2.75, 3.05) is 26.2 Å². The molecule has 1 saturated carbocycles. The van der Waals surface area contributed by atoms with Gasteiger partial charge in [-0.05, 0) is 37.1 Å². The van der Waals surface area contributed by atoms with Crippen LogP contribution in [0, 0.1) is 5.92 Å². The van der Waals surface area contributed by atoms with Gasteiger partial charge in [0, 0.05) is 30.6 Å². The maximum atomic E-state index is 11.4. The van der Waals surface area contributed by atoms with E-state index in [1.165, 1.54) is 0 Å². The molecule has 0 aromatic heterocycles. The van der Waals surface area contributed by atoms with E-state index in [-0.39, 0.29) is 18.4 Å². The van der Waals surface area contributed by atoms with Crippen molar-refractivity contribution in [1.82, 2.24) is 10.6 Å². The maximum absolute atomic E-state index is 11.4. The fourth-order valence-electron chi connectivity index (χ4n) is 1.81. The third-order valence-electron chi connectivity index (χ3n) is 3.19. The molecule has 3 N–H and O–H groups in total. The van der Waals surface area contributed by atoms with Gasteiger partial charge in [-0.1, -0.05) is 11.6 Å². The van der Waals surface area contributed by atoms with Gasteiger partial charge in [0.2, 0.25) is 5.91 Å². The van der Waals surface area contributed by atoms with Gasteiger partial charge in [0.05, 0.1) is 0 Å². The van der Waals surface area contributed by atoms with Crippen LogP contribution in [0.25, 0.3) is 0 Å². The molecule has 1 amide bonds. The second-order valence-electron chi connectivity index (χ2n) is 5.19. The van der Waals surface area contributed by atoms with Gasteiger partial charge >= 0.3 is 0 Å². The van der Waals surface area contributed by atoms with Gasteiger partial charge in [-0.15, -0.1) is 0 Å². The highest BCUT2D eigenvalue weighted by atomic mass is 35.5. The van der Waals surface area contributed by atoms with Crippen LogP contribution in [-0.2, 0) is 4.79 Å². The summed E-state index contributed by atoms with van der Waals surface area (Å²) in [7, 11) is 0. The molecule has 116 valence electrons. The molecule has 2 rings (SSSR count). The average molecular weight is 313 g/mol. The number of nitrogens with one attached hydrogen (secondary N) is 2. The first-order chi connectivity index (χ1) is 10.1. The van der Waals surface area contributed by atoms with Crippen molar-refractivity contribution in [3.63, 3.8) is 0 Å². The Morgan fingerprint density at radius 3 is 2.71 bits per heavy atom. The number of carbonyl (C=O) groups excluding carboxylic acids is 1. The van der Waals surface area contributed by atoms with Gasteiger partial charge in [0.25, 0.3) is 0 Å². The summed E-state index contributed by atoms with van der Waals surface area (Å²) in [5.41, 5.74) is 0. The van der Waals surface area contributed by atoms with E-state index in [1.54, 1.807) is 24.3 Å². The van der Waals surface area contributed by atoms with Crippen molar-refractivity contribution in [1.29, 1.82) is 0 Å². The summed E-state index contributed by atoms with van der Waals surface area (Å²) < 4.78 is 5.44. The number of amides is 1. The first kappa shape index (κ1) is 16.1. The van der Waals surface area contributed by atoms with E-state index in [9.17, 15) is 9.90 Å². The van der Waals surface area contributed by atoms with Gasteiger partial charge in [-0.25, -0.2) is 0 Å². The van der Waals surface area contributed by atoms with E-state index in [0.717, 1.165) is 12.8 Å². The van der Waals surface area contributed by atoms with Gasteiger partial charge in [0.1, 0.15) is 18.5 Å². The molecule has 21 heavy (non-hydrogen) atoms. The molecular formula is C15H21ClN2O3. The molecule has 5 nitrogen and oxygen atoms in total. The maximum Gasteiger partial charge on any atom is 0.223 e. The summed E-state index contributed by atoms with van der Waals surface area (Å²) in [6.07, 6.45) is 1.43. The van der Waals surface area contributed by atoms with Crippen LogP contribution in [0.5, 0.6) is 5.75 Å². The quantitative estimate of drug-likeness (QED) is 0.599. The van der Waals surface area contributed by atoms with E-state index in [1.807, 2.05) is 0 Å². The monoisotopic (exact) mass is 312 g/mol. The van der Waals surface area contributed by atoms with E-state index >= 15 is 0 Å². The summed E-state index contributed by atoms with van der Waals surface area (Å²) in [6.45, 7) is 1.85. The first-order valence-corrected chi connectivity index (χ1v) is 7.58. The smallest absolute Gasteiger partial charge is 0.223 e. The van der Waals surface area contributed by atoms with Crippen LogP contribution in [0.3, 0.4) is 0 Å². The normalized spacial score (nSPS) is 15.5. The predicted molar refractivity (Wildman–Crippen MR) is 81.6 cm³/mol. The van der Waals surface area contributed by atoms with Gasteiger partial charge in [-0.3, -0.25) is 4.79 Å². The average Bonchev–Trinajstić information content (AvgIpc) is 3.31. The fourth-order valence-corrected chi connectivity index (χ4v) is 1.94. The second kappa shape index (κ2) is 8.22. The number of halogens is 1. The number of aliphatic hydroxyl groups is 1. The Morgan fingerprint density at radius 1 is 1.33 bits per heavy atom. The van der Waals surface area contributed by atoms with Crippen molar-refractivity contribution in [2.24, 2.45) is 5.92 Å². The fraction of sp³-hybridized carbons (Fsp3) is 0.533. The molecular weight excluding hydrogens is 292 g/mol. The van der Waals surface area contributed by atoms with Gasteiger partial charge in [0.15, 0.2) is 0 Å². The van der Waals surface area contributed by atoms with Crippen molar-refractivity contribution >= 4 is 17.5 Å². The molecule has 1 aliphatic rings. The Bertz CT molecular complexity index is 449. The molecule has 6 heteroatoms. The van der Waals surface area contributed by atoms with E-state index in [2.05, 4.69) is 10.6 Å². The van der Waals surface area contributed by atoms with Gasteiger partial charge < -0.3 is 20.5 Å². The van der Waals surface area contributed by atoms with Crippen LogP contribution in [-0.4, -0.2) is 43.4 Å². The Kier molecular flexibility index (Phi) is 6.29. The minimum Gasteiger partial charge on any atom is -0.491 e. The van der Waals surface area contributed by atoms with Crippen LogP contribution in [0.15, 0.2) is 24.3 Å². The Hall–Kier alpha value is -1.30. The lowest BCUT2D eigenvalue weighted by molar-refractivity contribution is -0.122. The zero-order valence-corrected chi connectivity index (χ0v) is 12.6. The number of hydrogen-bond acceptors (Lipinski definition) is 4. The number of ether oxygens (including phenoxy) is 1. The van der Waals surface area contributed by atoms with Crippen LogP contribution < -0.4 is 15.4 Å². The Balaban J connectivity index is 1.50. The molecule has 1 aromatic carbocycles. The molecule has 0 saturated heterocycles. The summed E-state index contributed by atoms with van der Waals surface area (Å²) in [6, 6.07) is 7.00. The summed E-state index contributed by atoms with van der Waals surface area (Å²) in [5, 5.41) is 16.4. The molecule has 1 aromatic rings. The lowest BCUT2D eigenvalue weighted by Gasteiger charge is -2.13. The topological polar surface area (TPSA) is 70.6 Å². The molecule has 0 aliphatic heterocycles. The Morgan fingerprint density at radius 2 is 2.05 bits per heavy atom. The Labute approximate surface area is 129 Å². The van der Waals surface area contributed by atoms with E-state index in [4.69, 9.17) is 16.3 Å². The van der Waals surface area contributed by atoms with Gasteiger partial charge in [-0.2, -0.15) is 0 Å². The number of rotatable bonds is 9. The van der Waals surface area contributed by atoms with Crippen LogP contribution in [0.4, 0.5) is 0 Å². The summed E-state index contributed by atoms with van der Waals surface area (Å²) in [4.78, 5) is 11.4. The number of hydrogen-bond donors (Lipinski definition) is 3. The lowest BCUT2D eigenvalue weighted by Crippen LogP contribution is -2.37. The third kappa shape index (κ3) is 6.33. The number of benzene rings is 1.